The van der Waals surface area contributed by atoms with Crippen LogP contribution < -0.4 is 0 Å². The van der Waals surface area contributed by atoms with Crippen molar-refractivity contribution in [3.8, 4) is 0 Å². The number of carbonyl (C=O) groups is 2. The van der Waals surface area contributed by atoms with Crippen LogP contribution in [0.2, 0.25) is 0 Å². The number of rotatable bonds is 8. The zero-order valence-electron chi connectivity index (χ0n) is 12.8. The van der Waals surface area contributed by atoms with Crippen molar-refractivity contribution in [2.45, 2.75) is 65.9 Å². The second-order valence-corrected chi connectivity index (χ2v) is 5.57. The molecule has 118 valence electrons. The van der Waals surface area contributed by atoms with E-state index in [1.54, 1.807) is 13.8 Å². The zero-order chi connectivity index (χ0) is 16.0. The van der Waals surface area contributed by atoms with E-state index in [2.05, 4.69) is 4.74 Å². The minimum Gasteiger partial charge on any atom is -0.465 e. The van der Waals surface area contributed by atoms with Crippen LogP contribution in [0, 0.1) is 5.41 Å². The van der Waals surface area contributed by atoms with E-state index in [0.717, 1.165) is 6.92 Å². The Balaban J connectivity index is 3.92. The third-order valence-electron chi connectivity index (χ3n) is 3.22. The summed E-state index contributed by atoms with van der Waals surface area (Å²) in [6, 6.07) is 0. The van der Waals surface area contributed by atoms with Crippen LogP contribution in [0.25, 0.3) is 0 Å². The fraction of sp³-hybridized carbons (Fsp3) is 0.857. The molecule has 0 saturated heterocycles. The van der Waals surface area contributed by atoms with Crippen molar-refractivity contribution in [3.05, 3.63) is 0 Å². The van der Waals surface area contributed by atoms with Crippen molar-refractivity contribution in [1.82, 2.24) is 0 Å². The Morgan fingerprint density at radius 3 is 2.20 bits per heavy atom. The van der Waals surface area contributed by atoms with Crippen molar-refractivity contribution in [1.29, 1.82) is 0 Å². The lowest BCUT2D eigenvalue weighted by Crippen LogP contribution is -2.32. The molecule has 0 aromatic heterocycles. The summed E-state index contributed by atoms with van der Waals surface area (Å²) in [6.45, 7) is 7.34. The van der Waals surface area contributed by atoms with E-state index in [1.807, 2.05) is 6.92 Å². The highest BCUT2D eigenvalue weighted by molar-refractivity contribution is 5.75. The highest BCUT2D eigenvalue weighted by Crippen LogP contribution is 2.22. The molecule has 0 aromatic carbocycles. The molecule has 0 aromatic rings. The first-order valence-electron chi connectivity index (χ1n) is 6.75. The molecule has 0 aliphatic heterocycles. The fourth-order valence-corrected chi connectivity index (χ4v) is 1.08. The second-order valence-electron chi connectivity index (χ2n) is 5.57. The average Bonchev–Trinajstić information content (AvgIpc) is 2.32. The van der Waals surface area contributed by atoms with Crippen LogP contribution in [-0.4, -0.2) is 30.6 Å². The predicted molar refractivity (Wildman–Crippen MR) is 70.4 cm³/mol. The monoisotopic (exact) mass is 294 g/mol. The molecule has 0 N–H and O–H groups in total. The largest absolute Gasteiger partial charge is 0.465 e. The Morgan fingerprint density at radius 2 is 1.75 bits per heavy atom. The van der Waals surface area contributed by atoms with E-state index in [9.17, 15) is 18.4 Å². The Morgan fingerprint density at radius 1 is 1.20 bits per heavy atom. The van der Waals surface area contributed by atoms with Crippen LogP contribution in [-0.2, 0) is 19.1 Å². The van der Waals surface area contributed by atoms with E-state index in [-0.39, 0.29) is 25.4 Å². The first-order chi connectivity index (χ1) is 9.00. The fourth-order valence-electron chi connectivity index (χ4n) is 1.08. The Bertz CT molecular complexity index is 335. The van der Waals surface area contributed by atoms with Crippen molar-refractivity contribution in [3.63, 3.8) is 0 Å². The molecular formula is C14H24F2O4. The van der Waals surface area contributed by atoms with Gasteiger partial charge < -0.3 is 9.47 Å². The summed E-state index contributed by atoms with van der Waals surface area (Å²) in [5.74, 6) is -4.11. The molecule has 0 rings (SSSR count). The van der Waals surface area contributed by atoms with Gasteiger partial charge in [0.2, 0.25) is 0 Å². The zero-order valence-corrected chi connectivity index (χ0v) is 12.8. The van der Waals surface area contributed by atoms with Gasteiger partial charge in [-0.1, -0.05) is 6.92 Å². The normalized spacial score (nSPS) is 13.8. The summed E-state index contributed by atoms with van der Waals surface area (Å²) in [7, 11) is 0. The summed E-state index contributed by atoms with van der Waals surface area (Å²) in [4.78, 5) is 22.9. The summed E-state index contributed by atoms with van der Waals surface area (Å²) in [6.07, 6.45) is -0.611. The molecule has 0 saturated carbocycles. The summed E-state index contributed by atoms with van der Waals surface area (Å²) in [5.41, 5.74) is -0.556. The minimum absolute atomic E-state index is 0.0553. The van der Waals surface area contributed by atoms with Crippen LogP contribution in [0.15, 0.2) is 0 Å². The lowest BCUT2D eigenvalue weighted by Gasteiger charge is -2.21. The molecule has 0 radical (unpaired) electrons. The van der Waals surface area contributed by atoms with Gasteiger partial charge in [-0.3, -0.25) is 9.59 Å². The highest BCUT2D eigenvalue weighted by Gasteiger charge is 2.33. The number of esters is 2. The number of hydrogen-bond acceptors (Lipinski definition) is 4. The Kier molecular flexibility index (Phi) is 7.09. The third-order valence-corrected chi connectivity index (χ3v) is 3.22. The lowest BCUT2D eigenvalue weighted by atomic mass is 9.91. The molecule has 20 heavy (non-hydrogen) atoms. The first-order valence-corrected chi connectivity index (χ1v) is 6.75. The maximum Gasteiger partial charge on any atom is 0.311 e. The van der Waals surface area contributed by atoms with Gasteiger partial charge >= 0.3 is 11.9 Å². The minimum atomic E-state index is -3.06. The Hall–Kier alpha value is -1.20. The molecule has 0 spiro atoms. The molecule has 0 bridgehead atoms. The highest BCUT2D eigenvalue weighted by atomic mass is 19.3. The van der Waals surface area contributed by atoms with Crippen molar-refractivity contribution >= 4 is 11.9 Å². The van der Waals surface area contributed by atoms with Gasteiger partial charge in [0, 0.05) is 13.3 Å². The summed E-state index contributed by atoms with van der Waals surface area (Å²) < 4.78 is 35.2. The number of carbonyl (C=O) groups excluding carboxylic acids is 2. The standard InChI is InChI=1S/C14H24F2O4/c1-6-13(3,4)12(18)19-9-7-8-11(17)20-10(2)14(5,15)16/h10H,6-9H2,1-5H3. The van der Waals surface area contributed by atoms with Gasteiger partial charge in [0.1, 0.15) is 0 Å². The van der Waals surface area contributed by atoms with E-state index >= 15 is 0 Å². The van der Waals surface area contributed by atoms with Crippen LogP contribution in [0.1, 0.15) is 53.9 Å². The first kappa shape index (κ1) is 18.8. The molecule has 0 aliphatic rings. The van der Waals surface area contributed by atoms with Crippen molar-refractivity contribution < 1.29 is 27.8 Å². The summed E-state index contributed by atoms with van der Waals surface area (Å²) in [5, 5.41) is 0. The molecule has 0 heterocycles. The molecule has 0 aliphatic carbocycles. The average molecular weight is 294 g/mol. The molecule has 0 fully saturated rings. The van der Waals surface area contributed by atoms with Crippen LogP contribution in [0.5, 0.6) is 0 Å². The van der Waals surface area contributed by atoms with Gasteiger partial charge in [-0.15, -0.1) is 0 Å². The lowest BCUT2D eigenvalue weighted by molar-refractivity contribution is -0.168. The number of alkyl halides is 2. The van der Waals surface area contributed by atoms with Crippen LogP contribution in [0.4, 0.5) is 8.78 Å². The van der Waals surface area contributed by atoms with Crippen LogP contribution in [0.3, 0.4) is 0 Å². The van der Waals surface area contributed by atoms with E-state index in [0.29, 0.717) is 13.3 Å². The van der Waals surface area contributed by atoms with E-state index in [4.69, 9.17) is 4.74 Å². The van der Waals surface area contributed by atoms with Gasteiger partial charge in [0.05, 0.1) is 12.0 Å². The topological polar surface area (TPSA) is 52.6 Å². The molecule has 1 unspecified atom stereocenters. The SMILES string of the molecule is CCC(C)(C)C(=O)OCCCC(=O)OC(C)C(C)(F)F. The molecule has 4 nitrogen and oxygen atoms in total. The molecule has 1 atom stereocenters. The molecule has 6 heteroatoms. The van der Waals surface area contributed by atoms with Gasteiger partial charge in [0.15, 0.2) is 6.10 Å². The van der Waals surface area contributed by atoms with Gasteiger partial charge in [-0.05, 0) is 33.6 Å². The van der Waals surface area contributed by atoms with Crippen molar-refractivity contribution in [2.24, 2.45) is 5.41 Å². The quantitative estimate of drug-likeness (QED) is 0.509. The predicted octanol–water partition coefficient (Wildman–Crippen LogP) is 3.33. The van der Waals surface area contributed by atoms with Gasteiger partial charge in [0.25, 0.3) is 5.92 Å². The number of ether oxygens (including phenoxy) is 2. The van der Waals surface area contributed by atoms with Gasteiger partial charge in [-0.2, -0.15) is 0 Å². The summed E-state index contributed by atoms with van der Waals surface area (Å²) >= 11 is 0. The van der Waals surface area contributed by atoms with E-state index in [1.165, 1.54) is 0 Å². The smallest absolute Gasteiger partial charge is 0.311 e. The van der Waals surface area contributed by atoms with Gasteiger partial charge in [-0.25, -0.2) is 8.78 Å². The number of halogens is 2. The maximum absolute atomic E-state index is 12.8. The van der Waals surface area contributed by atoms with E-state index < -0.39 is 23.4 Å². The second kappa shape index (κ2) is 7.55. The van der Waals surface area contributed by atoms with Crippen LogP contribution >= 0.6 is 0 Å². The molecule has 0 amide bonds. The molecular weight excluding hydrogens is 270 g/mol. The maximum atomic E-state index is 12.8. The number of hydrogen-bond donors (Lipinski definition) is 0. The third kappa shape index (κ3) is 6.82. The van der Waals surface area contributed by atoms with Crippen molar-refractivity contribution in [2.75, 3.05) is 6.61 Å². The Labute approximate surface area is 118 Å².